The Balaban J connectivity index is 1.71. The summed E-state index contributed by atoms with van der Waals surface area (Å²) >= 11 is 0. The second kappa shape index (κ2) is 9.08. The fourth-order valence-electron chi connectivity index (χ4n) is 5.99. The molecule has 1 heterocycles. The van der Waals surface area contributed by atoms with Crippen LogP contribution in [0.15, 0.2) is 67.3 Å². The van der Waals surface area contributed by atoms with Gasteiger partial charge in [0.25, 0.3) is 5.91 Å². The Labute approximate surface area is 191 Å². The number of carbonyl (C=O) groups is 1. The van der Waals surface area contributed by atoms with Crippen molar-refractivity contribution in [2.24, 2.45) is 0 Å². The van der Waals surface area contributed by atoms with Gasteiger partial charge in [-0.3, -0.25) is 9.69 Å². The van der Waals surface area contributed by atoms with Crippen molar-refractivity contribution >= 4 is 5.91 Å². The number of piperidine rings is 1. The number of aromatic hydroxyl groups is 1. The van der Waals surface area contributed by atoms with Crippen molar-refractivity contribution in [3.8, 4) is 5.75 Å². The lowest BCUT2D eigenvalue weighted by molar-refractivity contribution is -0.151. The summed E-state index contributed by atoms with van der Waals surface area (Å²) in [6, 6.07) is 17.2. The topological polar surface area (TPSA) is 53.0 Å². The molecule has 0 spiro atoms. The van der Waals surface area contributed by atoms with Crippen LogP contribution >= 0.6 is 0 Å². The van der Waals surface area contributed by atoms with Crippen LogP contribution in [0.4, 0.5) is 0 Å². The van der Waals surface area contributed by atoms with Crippen molar-refractivity contribution in [3.63, 3.8) is 0 Å². The normalized spacial score (nSPS) is 28.0. The summed E-state index contributed by atoms with van der Waals surface area (Å²) in [6.45, 7) is 6.49. The number of benzene rings is 2. The summed E-state index contributed by atoms with van der Waals surface area (Å²) in [5.74, 6) is 0.321. The van der Waals surface area contributed by atoms with Crippen molar-refractivity contribution in [1.29, 1.82) is 0 Å². The van der Waals surface area contributed by atoms with Gasteiger partial charge in [0, 0.05) is 44.3 Å². The van der Waals surface area contributed by atoms with E-state index in [9.17, 15) is 9.90 Å². The summed E-state index contributed by atoms with van der Waals surface area (Å²) in [7, 11) is 3.73. The number of amides is 1. The molecule has 4 rings (SSSR count). The van der Waals surface area contributed by atoms with E-state index in [2.05, 4.69) is 17.5 Å². The predicted molar refractivity (Wildman–Crippen MR) is 127 cm³/mol. The number of rotatable bonds is 6. The number of methoxy groups -OCH3 is 1. The number of fused-ring (bicyclic) bond motifs is 1. The summed E-state index contributed by atoms with van der Waals surface area (Å²) in [4.78, 5) is 17.5. The first-order chi connectivity index (χ1) is 15.4. The average molecular weight is 435 g/mol. The van der Waals surface area contributed by atoms with Crippen molar-refractivity contribution in [3.05, 3.63) is 78.4 Å². The minimum Gasteiger partial charge on any atom is -0.508 e. The van der Waals surface area contributed by atoms with E-state index in [0.717, 1.165) is 50.9 Å². The average Bonchev–Trinajstić information content (AvgIpc) is 2.83. The summed E-state index contributed by atoms with van der Waals surface area (Å²) in [6.07, 6.45) is 5.39. The molecule has 170 valence electrons. The maximum absolute atomic E-state index is 13.2. The van der Waals surface area contributed by atoms with Gasteiger partial charge >= 0.3 is 0 Å². The SMILES string of the molecule is C=CCN1CCC2(c3cccc(O)c3)C[C@@H](N(C)C(=O)c3ccccc3)CCC2(OC)C1. The van der Waals surface area contributed by atoms with E-state index >= 15 is 0 Å². The third-order valence-corrected chi connectivity index (χ3v) is 7.74. The highest BCUT2D eigenvalue weighted by Crippen LogP contribution is 2.54. The first-order valence-corrected chi connectivity index (χ1v) is 11.4. The molecule has 2 aliphatic rings. The van der Waals surface area contributed by atoms with E-state index in [-0.39, 0.29) is 28.7 Å². The number of hydrogen-bond donors (Lipinski definition) is 1. The molecule has 32 heavy (non-hydrogen) atoms. The van der Waals surface area contributed by atoms with Crippen LogP contribution in [-0.4, -0.2) is 66.2 Å². The molecule has 1 saturated heterocycles. The van der Waals surface area contributed by atoms with E-state index in [4.69, 9.17) is 4.74 Å². The number of phenolic OH excluding ortho intramolecular Hbond substituents is 1. The van der Waals surface area contributed by atoms with Crippen LogP contribution < -0.4 is 0 Å². The standard InChI is InChI=1S/C27H34N2O3/c1-4-16-29-17-15-26(22-11-8-12-24(30)18-22)19-23(13-14-27(26,20-29)32-3)28(2)25(31)21-9-6-5-7-10-21/h4-12,18,23,30H,1,13-17,19-20H2,2-3H3/t23-,26?,27?/m0/s1. The van der Waals surface area contributed by atoms with Gasteiger partial charge in [-0.2, -0.15) is 0 Å². The van der Waals surface area contributed by atoms with Crippen molar-refractivity contribution < 1.29 is 14.6 Å². The van der Waals surface area contributed by atoms with Crippen LogP contribution in [0.25, 0.3) is 0 Å². The van der Waals surface area contributed by atoms with Crippen LogP contribution in [0.5, 0.6) is 5.75 Å². The van der Waals surface area contributed by atoms with Crippen LogP contribution in [-0.2, 0) is 10.2 Å². The van der Waals surface area contributed by atoms with Crippen molar-refractivity contribution in [1.82, 2.24) is 9.80 Å². The zero-order valence-electron chi connectivity index (χ0n) is 19.2. The largest absolute Gasteiger partial charge is 0.508 e. The van der Waals surface area contributed by atoms with E-state index in [1.54, 1.807) is 6.07 Å². The zero-order chi connectivity index (χ0) is 22.8. The molecule has 2 aromatic rings. The first-order valence-electron chi connectivity index (χ1n) is 11.4. The molecule has 2 fully saturated rings. The van der Waals surface area contributed by atoms with Crippen LogP contribution in [0.1, 0.15) is 41.6 Å². The van der Waals surface area contributed by atoms with E-state index < -0.39 is 0 Å². The molecule has 0 bridgehead atoms. The minimum absolute atomic E-state index is 0.0515. The van der Waals surface area contributed by atoms with Gasteiger partial charge in [-0.05, 0) is 62.1 Å². The maximum Gasteiger partial charge on any atom is 0.253 e. The van der Waals surface area contributed by atoms with Crippen LogP contribution in [0, 0.1) is 0 Å². The molecular formula is C27H34N2O3. The van der Waals surface area contributed by atoms with Gasteiger partial charge < -0.3 is 14.7 Å². The Hall–Kier alpha value is -2.63. The third-order valence-electron chi connectivity index (χ3n) is 7.74. The second-order valence-corrected chi connectivity index (χ2v) is 9.28. The van der Waals surface area contributed by atoms with E-state index in [1.165, 1.54) is 0 Å². The molecule has 1 aliphatic heterocycles. The van der Waals surface area contributed by atoms with Crippen molar-refractivity contribution in [2.75, 3.05) is 33.8 Å². The Morgan fingerprint density at radius 1 is 1.25 bits per heavy atom. The highest BCUT2D eigenvalue weighted by molar-refractivity contribution is 5.94. The molecule has 0 radical (unpaired) electrons. The Kier molecular flexibility index (Phi) is 6.40. The van der Waals surface area contributed by atoms with E-state index in [0.29, 0.717) is 5.56 Å². The van der Waals surface area contributed by atoms with Crippen LogP contribution in [0.2, 0.25) is 0 Å². The molecule has 3 atom stereocenters. The zero-order valence-corrected chi connectivity index (χ0v) is 19.2. The van der Waals surface area contributed by atoms with Gasteiger partial charge in [0.05, 0.1) is 5.60 Å². The van der Waals surface area contributed by atoms with Gasteiger partial charge in [-0.15, -0.1) is 6.58 Å². The Morgan fingerprint density at radius 3 is 2.72 bits per heavy atom. The predicted octanol–water partition coefficient (Wildman–Crippen LogP) is 4.23. The molecule has 1 aliphatic carbocycles. The fourth-order valence-corrected chi connectivity index (χ4v) is 5.99. The monoisotopic (exact) mass is 434 g/mol. The summed E-state index contributed by atoms with van der Waals surface area (Å²) < 4.78 is 6.37. The quantitative estimate of drug-likeness (QED) is 0.692. The molecule has 1 saturated carbocycles. The molecule has 0 aromatic heterocycles. The van der Waals surface area contributed by atoms with Crippen molar-refractivity contribution in [2.45, 2.75) is 42.7 Å². The number of nitrogens with zero attached hydrogens (tertiary/aromatic N) is 2. The number of phenols is 1. The lowest BCUT2D eigenvalue weighted by atomic mass is 9.55. The van der Waals surface area contributed by atoms with Crippen LogP contribution in [0.3, 0.4) is 0 Å². The fraction of sp³-hybridized carbons (Fsp3) is 0.444. The minimum atomic E-state index is -0.380. The third kappa shape index (κ3) is 3.84. The lowest BCUT2D eigenvalue weighted by Crippen LogP contribution is -2.68. The first kappa shape index (κ1) is 22.6. The molecule has 5 heteroatoms. The highest BCUT2D eigenvalue weighted by Gasteiger charge is 2.59. The molecule has 2 aromatic carbocycles. The number of likely N-dealkylation sites (tertiary alicyclic amines) is 1. The molecule has 2 unspecified atom stereocenters. The van der Waals surface area contributed by atoms with Gasteiger partial charge in [-0.1, -0.05) is 36.4 Å². The van der Waals surface area contributed by atoms with Gasteiger partial charge in [0.15, 0.2) is 0 Å². The Bertz CT molecular complexity index is 962. The van der Waals surface area contributed by atoms with Gasteiger partial charge in [0.1, 0.15) is 5.75 Å². The lowest BCUT2D eigenvalue weighted by Gasteiger charge is -2.60. The summed E-state index contributed by atoms with van der Waals surface area (Å²) in [5, 5.41) is 10.3. The number of carbonyl (C=O) groups excluding carboxylic acids is 1. The smallest absolute Gasteiger partial charge is 0.253 e. The molecule has 1 N–H and O–H groups in total. The Morgan fingerprint density at radius 2 is 2.03 bits per heavy atom. The number of ether oxygens (including phenoxy) is 1. The summed E-state index contributed by atoms with van der Waals surface area (Å²) in [5.41, 5.74) is 1.15. The van der Waals surface area contributed by atoms with Gasteiger partial charge in [-0.25, -0.2) is 0 Å². The maximum atomic E-state index is 13.2. The molecule has 1 amide bonds. The van der Waals surface area contributed by atoms with E-state index in [1.807, 2.05) is 67.6 Å². The van der Waals surface area contributed by atoms with Gasteiger partial charge in [0.2, 0.25) is 0 Å². The molecular weight excluding hydrogens is 400 g/mol. The number of hydrogen-bond acceptors (Lipinski definition) is 4. The molecule has 5 nitrogen and oxygen atoms in total. The second-order valence-electron chi connectivity index (χ2n) is 9.28. The highest BCUT2D eigenvalue weighted by atomic mass is 16.5.